The molecular weight excluding hydrogens is 444 g/mol. The van der Waals surface area contributed by atoms with Gasteiger partial charge in [0.1, 0.15) is 10.9 Å². The number of nitrogens with one attached hydrogen (secondary N) is 1. The van der Waals surface area contributed by atoms with Crippen LogP contribution in [0.25, 0.3) is 21.8 Å². The van der Waals surface area contributed by atoms with Gasteiger partial charge in [-0.25, -0.2) is 4.68 Å². The second kappa shape index (κ2) is 7.47. The Hall–Kier alpha value is -3.24. The molecule has 31 heavy (non-hydrogen) atoms. The fourth-order valence-corrected chi connectivity index (χ4v) is 3.90. The SMILES string of the molecule is Cc1cccc(C(C)n2nc(OS(C)(=O)=O)c3[nH]c4cc(Cl)ccc4c(=O)c3c2=O)n1. The Morgan fingerprint density at radius 3 is 2.61 bits per heavy atom. The molecular formula is C20H17ClN4O5S. The summed E-state index contributed by atoms with van der Waals surface area (Å²) in [7, 11) is -4.01. The van der Waals surface area contributed by atoms with E-state index in [4.69, 9.17) is 15.8 Å². The third-order valence-corrected chi connectivity index (χ3v) is 5.43. The third kappa shape index (κ3) is 3.91. The quantitative estimate of drug-likeness (QED) is 0.366. The number of nitrogens with zero attached hydrogens (tertiary/aromatic N) is 3. The number of aromatic nitrogens is 4. The van der Waals surface area contributed by atoms with Gasteiger partial charge in [-0.2, -0.15) is 8.42 Å². The van der Waals surface area contributed by atoms with E-state index in [1.165, 1.54) is 18.2 Å². The highest BCUT2D eigenvalue weighted by Crippen LogP contribution is 2.24. The van der Waals surface area contributed by atoms with Gasteiger partial charge < -0.3 is 9.17 Å². The molecule has 1 aromatic carbocycles. The number of pyridine rings is 2. The Bertz CT molecular complexity index is 1580. The molecule has 0 radical (unpaired) electrons. The van der Waals surface area contributed by atoms with Crippen LogP contribution in [-0.4, -0.2) is 34.4 Å². The number of aromatic amines is 1. The lowest BCUT2D eigenvalue weighted by Gasteiger charge is -2.16. The van der Waals surface area contributed by atoms with Crippen molar-refractivity contribution < 1.29 is 12.6 Å². The first kappa shape index (κ1) is 21.0. The van der Waals surface area contributed by atoms with Gasteiger partial charge in [0.15, 0.2) is 0 Å². The van der Waals surface area contributed by atoms with E-state index in [9.17, 15) is 18.0 Å². The van der Waals surface area contributed by atoms with E-state index < -0.39 is 33.0 Å². The highest BCUT2D eigenvalue weighted by atomic mass is 35.5. The fraction of sp³-hybridized carbons (Fsp3) is 0.200. The smallest absolute Gasteiger partial charge is 0.307 e. The second-order valence-corrected chi connectivity index (χ2v) is 9.13. The molecule has 4 rings (SSSR count). The van der Waals surface area contributed by atoms with Crippen LogP contribution in [0.5, 0.6) is 5.88 Å². The first-order chi connectivity index (χ1) is 14.5. The van der Waals surface area contributed by atoms with Crippen molar-refractivity contribution in [3.63, 3.8) is 0 Å². The van der Waals surface area contributed by atoms with E-state index >= 15 is 0 Å². The van der Waals surface area contributed by atoms with Crippen molar-refractivity contribution in [2.45, 2.75) is 19.9 Å². The van der Waals surface area contributed by atoms with Crippen molar-refractivity contribution in [1.82, 2.24) is 19.7 Å². The van der Waals surface area contributed by atoms with Gasteiger partial charge in [-0.15, -0.1) is 5.10 Å². The van der Waals surface area contributed by atoms with E-state index in [0.29, 0.717) is 16.2 Å². The van der Waals surface area contributed by atoms with Crippen molar-refractivity contribution in [2.24, 2.45) is 0 Å². The largest absolute Gasteiger partial charge is 0.358 e. The van der Waals surface area contributed by atoms with Gasteiger partial charge in [-0.1, -0.05) is 17.7 Å². The molecule has 0 aliphatic heterocycles. The minimum atomic E-state index is -4.01. The van der Waals surface area contributed by atoms with Crippen molar-refractivity contribution in [3.05, 3.63) is 73.4 Å². The Morgan fingerprint density at radius 1 is 1.19 bits per heavy atom. The summed E-state index contributed by atoms with van der Waals surface area (Å²) in [4.78, 5) is 33.7. The number of aryl methyl sites for hydroxylation is 1. The van der Waals surface area contributed by atoms with Gasteiger partial charge in [0.2, 0.25) is 5.43 Å². The van der Waals surface area contributed by atoms with Crippen LogP contribution in [0.1, 0.15) is 24.4 Å². The van der Waals surface area contributed by atoms with E-state index in [1.54, 1.807) is 32.0 Å². The summed E-state index contributed by atoms with van der Waals surface area (Å²) >= 11 is 6.01. The third-order valence-electron chi connectivity index (χ3n) is 4.73. The molecule has 0 bridgehead atoms. The molecule has 0 fully saturated rings. The summed E-state index contributed by atoms with van der Waals surface area (Å²) < 4.78 is 29.7. The maximum atomic E-state index is 13.3. The molecule has 0 aliphatic carbocycles. The molecule has 1 unspecified atom stereocenters. The molecule has 0 spiro atoms. The molecule has 160 valence electrons. The van der Waals surface area contributed by atoms with Crippen LogP contribution >= 0.6 is 11.6 Å². The van der Waals surface area contributed by atoms with Gasteiger partial charge in [0.05, 0.1) is 23.5 Å². The van der Waals surface area contributed by atoms with E-state index in [2.05, 4.69) is 15.1 Å². The molecule has 3 aromatic heterocycles. The molecule has 9 nitrogen and oxygen atoms in total. The zero-order valence-corrected chi connectivity index (χ0v) is 18.3. The van der Waals surface area contributed by atoms with Crippen LogP contribution in [-0.2, 0) is 10.1 Å². The molecule has 4 aromatic rings. The number of hydrogen-bond donors (Lipinski definition) is 1. The number of benzene rings is 1. The fourth-order valence-electron chi connectivity index (χ4n) is 3.32. The Kier molecular flexibility index (Phi) is 5.06. The summed E-state index contributed by atoms with van der Waals surface area (Å²) in [5.74, 6) is -0.421. The Labute approximate surface area is 181 Å². The Balaban J connectivity index is 2.11. The van der Waals surface area contributed by atoms with Gasteiger partial charge in [0, 0.05) is 16.1 Å². The molecule has 0 aliphatic rings. The average molecular weight is 461 g/mol. The number of fused-ring (bicyclic) bond motifs is 2. The maximum Gasteiger partial charge on any atom is 0.307 e. The first-order valence-electron chi connectivity index (χ1n) is 9.16. The normalized spacial score (nSPS) is 12.9. The summed E-state index contributed by atoms with van der Waals surface area (Å²) in [6.07, 6.45) is 0.845. The van der Waals surface area contributed by atoms with Crippen molar-refractivity contribution in [3.8, 4) is 5.88 Å². The summed E-state index contributed by atoms with van der Waals surface area (Å²) in [5.41, 5.74) is 0.135. The average Bonchev–Trinajstić information content (AvgIpc) is 2.68. The summed E-state index contributed by atoms with van der Waals surface area (Å²) in [5, 5.41) is 4.42. The van der Waals surface area contributed by atoms with Crippen molar-refractivity contribution in [1.29, 1.82) is 0 Å². The van der Waals surface area contributed by atoms with E-state index in [1.807, 2.05) is 0 Å². The zero-order chi connectivity index (χ0) is 22.5. The molecule has 11 heteroatoms. The zero-order valence-electron chi connectivity index (χ0n) is 16.7. The van der Waals surface area contributed by atoms with Gasteiger partial charge in [0.25, 0.3) is 11.4 Å². The summed E-state index contributed by atoms with van der Waals surface area (Å²) in [6.45, 7) is 3.47. The molecule has 1 N–H and O–H groups in total. The molecule has 0 amide bonds. The second-order valence-electron chi connectivity index (χ2n) is 7.12. The standard InChI is InChI=1S/C20H17ClN4O5S/c1-10-5-4-6-14(22-10)11(2)25-20(27)16-17(19(24-25)30-31(3,28)29)23-15-9-12(21)7-8-13(15)18(16)26/h4-9,11H,1-3H3,(H,23,26). The molecule has 1 atom stereocenters. The first-order valence-corrected chi connectivity index (χ1v) is 11.4. The van der Waals surface area contributed by atoms with Gasteiger partial charge >= 0.3 is 10.1 Å². The monoisotopic (exact) mass is 460 g/mol. The number of hydrogen-bond acceptors (Lipinski definition) is 7. The van der Waals surface area contributed by atoms with Crippen LogP contribution in [0, 0.1) is 6.92 Å². The number of H-pyrrole nitrogens is 1. The number of halogens is 1. The highest BCUT2D eigenvalue weighted by molar-refractivity contribution is 7.86. The van der Waals surface area contributed by atoms with Crippen LogP contribution < -0.4 is 15.2 Å². The topological polar surface area (TPSA) is 124 Å². The van der Waals surface area contributed by atoms with Crippen LogP contribution in [0.2, 0.25) is 5.02 Å². The van der Waals surface area contributed by atoms with E-state index in [0.717, 1.165) is 16.6 Å². The lowest BCUT2D eigenvalue weighted by atomic mass is 10.1. The van der Waals surface area contributed by atoms with Crippen LogP contribution in [0.15, 0.2) is 46.0 Å². The van der Waals surface area contributed by atoms with E-state index in [-0.39, 0.29) is 16.3 Å². The predicted octanol–water partition coefficient (Wildman–Crippen LogP) is 2.54. The molecule has 0 saturated carbocycles. The lowest BCUT2D eigenvalue weighted by Crippen LogP contribution is -2.31. The predicted molar refractivity (Wildman–Crippen MR) is 117 cm³/mol. The van der Waals surface area contributed by atoms with Crippen LogP contribution in [0.3, 0.4) is 0 Å². The van der Waals surface area contributed by atoms with Crippen LogP contribution in [0.4, 0.5) is 0 Å². The Morgan fingerprint density at radius 2 is 1.94 bits per heavy atom. The summed E-state index contributed by atoms with van der Waals surface area (Å²) in [6, 6.07) is 9.09. The van der Waals surface area contributed by atoms with Crippen molar-refractivity contribution >= 4 is 43.5 Å². The van der Waals surface area contributed by atoms with Gasteiger partial charge in [-0.05, 0) is 44.2 Å². The minimum Gasteiger partial charge on any atom is -0.358 e. The molecule has 0 saturated heterocycles. The maximum absolute atomic E-state index is 13.3. The minimum absolute atomic E-state index is 0.129. The highest BCUT2D eigenvalue weighted by Gasteiger charge is 2.23. The lowest BCUT2D eigenvalue weighted by molar-refractivity contribution is 0.448. The number of rotatable bonds is 4. The van der Waals surface area contributed by atoms with Gasteiger partial charge in [-0.3, -0.25) is 14.6 Å². The molecule has 3 heterocycles. The van der Waals surface area contributed by atoms with Crippen molar-refractivity contribution in [2.75, 3.05) is 6.26 Å².